The monoisotopic (exact) mass is 402 g/mol. The van der Waals surface area contributed by atoms with E-state index in [4.69, 9.17) is 16.3 Å². The third kappa shape index (κ3) is 3.79. The van der Waals surface area contributed by atoms with E-state index in [0.29, 0.717) is 11.4 Å². The van der Waals surface area contributed by atoms with Crippen LogP contribution in [0.2, 0.25) is 5.02 Å². The summed E-state index contributed by atoms with van der Waals surface area (Å²) in [4.78, 5) is 13.0. The highest BCUT2D eigenvalue weighted by molar-refractivity contribution is 7.19. The number of carbonyl (C=O) groups is 1. The van der Waals surface area contributed by atoms with Crippen LogP contribution in [-0.4, -0.2) is 34.8 Å². The number of aliphatic hydroxyl groups is 2. The highest BCUT2D eigenvalue weighted by atomic mass is 35.5. The lowest BCUT2D eigenvalue weighted by atomic mass is 9.94. The van der Waals surface area contributed by atoms with Gasteiger partial charge in [-0.3, -0.25) is 4.79 Å². The molecule has 0 saturated carbocycles. The normalized spacial score (nSPS) is 23.1. The number of carbonyl (C=O) groups excluding carboxylic acids is 1. The molecule has 1 aromatic heterocycles. The zero-order valence-electron chi connectivity index (χ0n) is 14.5. The van der Waals surface area contributed by atoms with Gasteiger partial charge in [0.25, 0.3) is 0 Å². The highest BCUT2D eigenvalue weighted by Gasteiger charge is 2.36. The van der Waals surface area contributed by atoms with Gasteiger partial charge in [-0.05, 0) is 34.7 Å². The number of ether oxygens (including phenoxy) is 1. The summed E-state index contributed by atoms with van der Waals surface area (Å²) >= 11 is 8.15. The number of ketones is 1. The van der Waals surface area contributed by atoms with Gasteiger partial charge < -0.3 is 14.9 Å². The predicted molar refractivity (Wildman–Crippen MR) is 106 cm³/mol. The van der Waals surface area contributed by atoms with E-state index in [0.717, 1.165) is 11.1 Å². The van der Waals surface area contributed by atoms with Gasteiger partial charge in [-0.15, -0.1) is 11.3 Å². The van der Waals surface area contributed by atoms with Crippen LogP contribution in [0.3, 0.4) is 0 Å². The highest BCUT2D eigenvalue weighted by Crippen LogP contribution is 2.34. The number of Topliss-reactive ketones (excluding diaryl/α,β-unsaturated/α-hetero) is 1. The number of benzene rings is 2. The Kier molecular flexibility index (Phi) is 5.30. The van der Waals surface area contributed by atoms with Gasteiger partial charge in [0.05, 0.1) is 12.7 Å². The van der Waals surface area contributed by atoms with E-state index in [1.54, 1.807) is 11.3 Å². The molecule has 0 radical (unpaired) electrons. The largest absolute Gasteiger partial charge is 0.393 e. The van der Waals surface area contributed by atoms with Crippen LogP contribution in [0.5, 0.6) is 0 Å². The van der Waals surface area contributed by atoms with Crippen molar-refractivity contribution in [1.29, 1.82) is 0 Å². The molecule has 2 N–H and O–H groups in total. The third-order valence-corrected chi connectivity index (χ3v) is 6.35. The molecule has 1 aliphatic heterocycles. The van der Waals surface area contributed by atoms with Gasteiger partial charge in [-0.1, -0.05) is 41.9 Å². The van der Waals surface area contributed by atoms with Crippen LogP contribution >= 0.6 is 22.9 Å². The van der Waals surface area contributed by atoms with Gasteiger partial charge in [0.1, 0.15) is 12.2 Å². The SMILES string of the molecule is O=C1[C@H](O)C[C@H](c2ccc(Cl)c(Cc3cc4ccccc4s3)c2)O[C@@H]1CO. The maximum Gasteiger partial charge on any atom is 0.192 e. The Balaban J connectivity index is 1.60. The number of halogens is 1. The Bertz CT molecular complexity index is 950. The Labute approximate surface area is 166 Å². The van der Waals surface area contributed by atoms with Crippen LogP contribution < -0.4 is 0 Å². The third-order valence-electron chi connectivity index (χ3n) is 4.86. The number of hydrogen-bond donors (Lipinski definition) is 2. The van der Waals surface area contributed by atoms with Gasteiger partial charge in [-0.2, -0.15) is 0 Å². The zero-order valence-corrected chi connectivity index (χ0v) is 16.0. The lowest BCUT2D eigenvalue weighted by Gasteiger charge is -2.31. The average Bonchev–Trinajstić information content (AvgIpc) is 3.08. The van der Waals surface area contributed by atoms with Gasteiger partial charge in [0.2, 0.25) is 0 Å². The van der Waals surface area contributed by atoms with E-state index >= 15 is 0 Å². The minimum absolute atomic E-state index is 0.180. The fraction of sp³-hybridized carbons (Fsp3) is 0.286. The quantitative estimate of drug-likeness (QED) is 0.694. The van der Waals surface area contributed by atoms with E-state index in [9.17, 15) is 15.0 Å². The van der Waals surface area contributed by atoms with Crippen molar-refractivity contribution in [1.82, 2.24) is 0 Å². The summed E-state index contributed by atoms with van der Waals surface area (Å²) in [6, 6.07) is 16.1. The van der Waals surface area contributed by atoms with Gasteiger partial charge in [0.15, 0.2) is 5.78 Å². The molecule has 2 heterocycles. The maximum absolute atomic E-state index is 11.8. The number of hydrogen-bond acceptors (Lipinski definition) is 5. The summed E-state index contributed by atoms with van der Waals surface area (Å²) in [6.45, 7) is -0.436. The smallest absolute Gasteiger partial charge is 0.192 e. The molecule has 140 valence electrons. The van der Waals surface area contributed by atoms with Crippen molar-refractivity contribution in [3.05, 3.63) is 69.6 Å². The maximum atomic E-state index is 11.8. The van der Waals surface area contributed by atoms with Crippen LogP contribution in [-0.2, 0) is 16.0 Å². The Morgan fingerprint density at radius 2 is 2.00 bits per heavy atom. The molecule has 0 amide bonds. The molecule has 3 aromatic rings. The molecule has 4 rings (SSSR count). The standard InChI is InChI=1S/C21H19ClO4S/c22-16-6-5-12(18-10-17(24)21(25)19(11-23)26-18)7-14(16)9-15-8-13-3-1-2-4-20(13)27-15/h1-8,17-19,23-24H,9-11H2/t17-,18-,19-/m1/s1. The van der Waals surface area contributed by atoms with E-state index in [1.165, 1.54) is 15.0 Å². The Hall–Kier alpha value is -1.76. The lowest BCUT2D eigenvalue weighted by molar-refractivity contribution is -0.161. The first-order valence-corrected chi connectivity index (χ1v) is 9.98. The molecule has 1 saturated heterocycles. The van der Waals surface area contributed by atoms with Crippen LogP contribution in [0.4, 0.5) is 0 Å². The second-order valence-electron chi connectivity index (χ2n) is 6.73. The molecule has 3 atom stereocenters. The first-order valence-electron chi connectivity index (χ1n) is 8.79. The molecule has 0 aliphatic carbocycles. The molecular weight excluding hydrogens is 384 g/mol. The predicted octanol–water partition coefficient (Wildman–Crippen LogP) is 3.90. The summed E-state index contributed by atoms with van der Waals surface area (Å²) in [7, 11) is 0. The van der Waals surface area contributed by atoms with E-state index in [-0.39, 0.29) is 6.42 Å². The first-order chi connectivity index (χ1) is 13.0. The molecular formula is C21H19ClO4S. The van der Waals surface area contributed by atoms with Crippen molar-refractivity contribution in [2.75, 3.05) is 6.61 Å². The average molecular weight is 403 g/mol. The molecule has 6 heteroatoms. The number of thiophene rings is 1. The fourth-order valence-corrected chi connectivity index (χ4v) is 4.72. The van der Waals surface area contributed by atoms with E-state index in [1.807, 2.05) is 30.3 Å². The molecule has 0 unspecified atom stereocenters. The zero-order chi connectivity index (χ0) is 19.0. The minimum Gasteiger partial charge on any atom is -0.393 e. The summed E-state index contributed by atoms with van der Waals surface area (Å²) in [5.74, 6) is -0.465. The van der Waals surface area contributed by atoms with Crippen molar-refractivity contribution in [3.8, 4) is 0 Å². The van der Waals surface area contributed by atoms with E-state index in [2.05, 4.69) is 18.2 Å². The molecule has 1 aliphatic rings. The summed E-state index contributed by atoms with van der Waals surface area (Å²) in [5.41, 5.74) is 1.82. The van der Waals surface area contributed by atoms with Crippen LogP contribution in [0.1, 0.15) is 28.5 Å². The van der Waals surface area contributed by atoms with Crippen molar-refractivity contribution in [2.24, 2.45) is 0 Å². The number of rotatable bonds is 4. The Morgan fingerprint density at radius 1 is 1.19 bits per heavy atom. The van der Waals surface area contributed by atoms with Gasteiger partial charge in [0, 0.05) is 27.4 Å². The molecule has 1 fully saturated rings. The molecule has 0 bridgehead atoms. The molecule has 27 heavy (non-hydrogen) atoms. The summed E-state index contributed by atoms with van der Waals surface area (Å²) < 4.78 is 6.94. The second-order valence-corrected chi connectivity index (χ2v) is 8.30. The van der Waals surface area contributed by atoms with Crippen LogP contribution in [0, 0.1) is 0 Å². The van der Waals surface area contributed by atoms with Crippen LogP contribution in [0.25, 0.3) is 10.1 Å². The molecule has 2 aromatic carbocycles. The topological polar surface area (TPSA) is 66.8 Å². The van der Waals surface area contributed by atoms with E-state index < -0.39 is 30.7 Å². The van der Waals surface area contributed by atoms with Crippen molar-refractivity contribution in [3.63, 3.8) is 0 Å². The molecule has 0 spiro atoms. The summed E-state index contributed by atoms with van der Waals surface area (Å²) in [5, 5.41) is 21.2. The lowest BCUT2D eigenvalue weighted by Crippen LogP contribution is -2.43. The number of fused-ring (bicyclic) bond motifs is 1. The van der Waals surface area contributed by atoms with Crippen molar-refractivity contribution >= 4 is 38.8 Å². The van der Waals surface area contributed by atoms with Crippen molar-refractivity contribution in [2.45, 2.75) is 31.2 Å². The minimum atomic E-state index is -1.12. The summed E-state index contributed by atoms with van der Waals surface area (Å²) in [6.07, 6.45) is -1.68. The van der Waals surface area contributed by atoms with Crippen molar-refractivity contribution < 1.29 is 19.7 Å². The van der Waals surface area contributed by atoms with Crippen LogP contribution in [0.15, 0.2) is 48.5 Å². The van der Waals surface area contributed by atoms with Gasteiger partial charge >= 0.3 is 0 Å². The van der Waals surface area contributed by atoms with Gasteiger partial charge in [-0.25, -0.2) is 0 Å². The molecule has 4 nitrogen and oxygen atoms in total. The number of aliphatic hydroxyl groups excluding tert-OH is 2. The second kappa shape index (κ2) is 7.70. The Morgan fingerprint density at radius 3 is 2.78 bits per heavy atom. The first kappa shape index (κ1) is 18.6. The fourth-order valence-electron chi connectivity index (χ4n) is 3.44.